The quantitative estimate of drug-likeness (QED) is 0.810. The maximum absolute atomic E-state index is 4.30. The summed E-state index contributed by atoms with van der Waals surface area (Å²) in [6.07, 6.45) is 6.75. The first-order valence-electron chi connectivity index (χ1n) is 4.24. The maximum atomic E-state index is 4.30. The highest BCUT2D eigenvalue weighted by molar-refractivity contribution is 9.10. The fourth-order valence-corrected chi connectivity index (χ4v) is 1.54. The smallest absolute Gasteiger partial charge is 0.124 e. The summed E-state index contributed by atoms with van der Waals surface area (Å²) in [7, 11) is 0. The first kappa shape index (κ1) is 8.84. The van der Waals surface area contributed by atoms with Crippen LogP contribution in [-0.4, -0.2) is 23.1 Å². The van der Waals surface area contributed by atoms with Crippen molar-refractivity contribution in [2.24, 2.45) is 0 Å². The van der Waals surface area contributed by atoms with E-state index >= 15 is 0 Å². The van der Waals surface area contributed by atoms with E-state index in [0.717, 1.165) is 29.8 Å². The molecule has 0 amide bonds. The van der Waals surface area contributed by atoms with Crippen molar-refractivity contribution in [2.45, 2.75) is 6.42 Å². The molecule has 68 valence electrons. The van der Waals surface area contributed by atoms with Gasteiger partial charge in [0.15, 0.2) is 0 Å². The minimum atomic E-state index is 0.783. The van der Waals surface area contributed by atoms with Gasteiger partial charge in [-0.15, -0.1) is 0 Å². The van der Waals surface area contributed by atoms with Gasteiger partial charge in [-0.3, -0.25) is 4.98 Å². The van der Waals surface area contributed by atoms with Gasteiger partial charge in [-0.25, -0.2) is 4.98 Å². The van der Waals surface area contributed by atoms with E-state index in [1.807, 2.05) is 0 Å². The minimum absolute atomic E-state index is 0.783. The van der Waals surface area contributed by atoms with Crippen LogP contribution in [0.3, 0.4) is 0 Å². The molecule has 0 atom stereocenters. The average molecular weight is 240 g/mol. The molecule has 4 heteroatoms. The maximum Gasteiger partial charge on any atom is 0.124 e. The summed E-state index contributed by atoms with van der Waals surface area (Å²) in [4.78, 5) is 8.44. The van der Waals surface area contributed by atoms with Gasteiger partial charge in [0.05, 0.1) is 18.1 Å². The second-order valence-electron chi connectivity index (χ2n) is 2.91. The third kappa shape index (κ3) is 2.14. The molecular formula is C9H10BrN3. The van der Waals surface area contributed by atoms with E-state index in [9.17, 15) is 0 Å². The highest BCUT2D eigenvalue weighted by Crippen LogP contribution is 2.17. The van der Waals surface area contributed by atoms with Gasteiger partial charge in [0.1, 0.15) is 4.60 Å². The molecule has 1 aromatic heterocycles. The number of aromatic nitrogens is 2. The molecule has 2 heterocycles. The fraction of sp³-hybridized carbons (Fsp3) is 0.333. The molecule has 1 aromatic rings. The van der Waals surface area contributed by atoms with Crippen LogP contribution in [0.4, 0.5) is 0 Å². The molecular weight excluding hydrogens is 230 g/mol. The van der Waals surface area contributed by atoms with E-state index in [4.69, 9.17) is 0 Å². The molecule has 0 radical (unpaired) electrons. The molecule has 0 fully saturated rings. The summed E-state index contributed by atoms with van der Waals surface area (Å²) < 4.78 is 0.783. The van der Waals surface area contributed by atoms with Crippen LogP contribution in [0.5, 0.6) is 0 Å². The van der Waals surface area contributed by atoms with Gasteiger partial charge < -0.3 is 5.32 Å². The Kier molecular flexibility index (Phi) is 2.71. The predicted molar refractivity (Wildman–Crippen MR) is 55.2 cm³/mol. The van der Waals surface area contributed by atoms with Crippen molar-refractivity contribution < 1.29 is 0 Å². The predicted octanol–water partition coefficient (Wildman–Crippen LogP) is 1.62. The summed E-state index contributed by atoms with van der Waals surface area (Å²) in [5, 5.41) is 3.26. The largest absolute Gasteiger partial charge is 0.313 e. The zero-order valence-electron chi connectivity index (χ0n) is 7.13. The number of nitrogens with one attached hydrogen (secondary N) is 1. The van der Waals surface area contributed by atoms with E-state index in [1.54, 1.807) is 12.4 Å². The lowest BCUT2D eigenvalue weighted by molar-refractivity contribution is 0.736. The molecule has 1 N–H and O–H groups in total. The third-order valence-corrected chi connectivity index (χ3v) is 2.42. The van der Waals surface area contributed by atoms with Crippen LogP contribution in [0.25, 0.3) is 5.57 Å². The topological polar surface area (TPSA) is 37.8 Å². The number of halogens is 1. The first-order chi connectivity index (χ1) is 6.36. The molecule has 13 heavy (non-hydrogen) atoms. The number of rotatable bonds is 1. The van der Waals surface area contributed by atoms with E-state index in [2.05, 4.69) is 37.3 Å². The summed E-state index contributed by atoms with van der Waals surface area (Å²) in [6, 6.07) is 0. The molecule has 2 rings (SSSR count). The molecule has 0 spiro atoms. The Balaban J connectivity index is 2.24. The van der Waals surface area contributed by atoms with Crippen LogP contribution in [0.2, 0.25) is 0 Å². The van der Waals surface area contributed by atoms with Crippen molar-refractivity contribution in [3.63, 3.8) is 0 Å². The molecule has 0 aliphatic carbocycles. The average Bonchev–Trinajstić information content (AvgIpc) is 2.20. The van der Waals surface area contributed by atoms with Crippen LogP contribution in [0.15, 0.2) is 23.1 Å². The lowest BCUT2D eigenvalue weighted by atomic mass is 10.1. The Bertz CT molecular complexity index is 318. The highest BCUT2D eigenvalue weighted by atomic mass is 79.9. The van der Waals surface area contributed by atoms with Gasteiger partial charge in [-0.05, 0) is 34.5 Å². The van der Waals surface area contributed by atoms with E-state index < -0.39 is 0 Å². The lowest BCUT2D eigenvalue weighted by Crippen LogP contribution is -2.20. The fourth-order valence-electron chi connectivity index (χ4n) is 1.33. The second kappa shape index (κ2) is 3.98. The zero-order chi connectivity index (χ0) is 9.10. The minimum Gasteiger partial charge on any atom is -0.313 e. The van der Waals surface area contributed by atoms with Crippen molar-refractivity contribution >= 4 is 21.5 Å². The standard InChI is InChI=1S/C9H10BrN3/c10-9-6-12-8(5-13-9)7-1-3-11-4-2-7/h1,5-6,11H,2-4H2. The monoisotopic (exact) mass is 239 g/mol. The summed E-state index contributed by atoms with van der Waals surface area (Å²) in [5.74, 6) is 0. The molecule has 0 aromatic carbocycles. The van der Waals surface area contributed by atoms with Crippen molar-refractivity contribution in [1.29, 1.82) is 0 Å². The normalized spacial score (nSPS) is 16.8. The van der Waals surface area contributed by atoms with Crippen LogP contribution in [0.1, 0.15) is 12.1 Å². The first-order valence-corrected chi connectivity index (χ1v) is 5.03. The summed E-state index contributed by atoms with van der Waals surface area (Å²) >= 11 is 3.26. The molecule has 0 saturated heterocycles. The number of hydrogen-bond acceptors (Lipinski definition) is 3. The van der Waals surface area contributed by atoms with Crippen molar-refractivity contribution in [3.8, 4) is 0 Å². The molecule has 0 bridgehead atoms. The Labute approximate surface area is 85.4 Å². The Hall–Kier alpha value is -0.740. The van der Waals surface area contributed by atoms with Gasteiger partial charge in [-0.1, -0.05) is 6.08 Å². The van der Waals surface area contributed by atoms with Crippen LogP contribution in [0, 0.1) is 0 Å². The van der Waals surface area contributed by atoms with Gasteiger partial charge in [0.2, 0.25) is 0 Å². The Morgan fingerprint density at radius 1 is 1.31 bits per heavy atom. The molecule has 0 unspecified atom stereocenters. The van der Waals surface area contributed by atoms with Crippen molar-refractivity contribution in [1.82, 2.24) is 15.3 Å². The highest BCUT2D eigenvalue weighted by Gasteiger charge is 2.06. The van der Waals surface area contributed by atoms with Crippen molar-refractivity contribution in [2.75, 3.05) is 13.1 Å². The molecule has 3 nitrogen and oxygen atoms in total. The Morgan fingerprint density at radius 2 is 2.23 bits per heavy atom. The van der Waals surface area contributed by atoms with Gasteiger partial charge >= 0.3 is 0 Å². The SMILES string of the molecule is Brc1cnc(C2=CCNCC2)cn1. The Morgan fingerprint density at radius 3 is 2.85 bits per heavy atom. The van der Waals surface area contributed by atoms with E-state index in [-0.39, 0.29) is 0 Å². The van der Waals surface area contributed by atoms with E-state index in [1.165, 1.54) is 5.57 Å². The molecule has 1 aliphatic heterocycles. The van der Waals surface area contributed by atoms with Gasteiger partial charge in [0.25, 0.3) is 0 Å². The van der Waals surface area contributed by atoms with Gasteiger partial charge in [-0.2, -0.15) is 0 Å². The number of hydrogen-bond donors (Lipinski definition) is 1. The molecule has 0 saturated carbocycles. The van der Waals surface area contributed by atoms with Crippen LogP contribution < -0.4 is 5.32 Å². The van der Waals surface area contributed by atoms with E-state index in [0.29, 0.717) is 0 Å². The van der Waals surface area contributed by atoms with Crippen LogP contribution >= 0.6 is 15.9 Å². The number of nitrogens with zero attached hydrogens (tertiary/aromatic N) is 2. The zero-order valence-corrected chi connectivity index (χ0v) is 8.71. The van der Waals surface area contributed by atoms with Crippen molar-refractivity contribution in [3.05, 3.63) is 28.8 Å². The summed E-state index contributed by atoms with van der Waals surface area (Å²) in [6.45, 7) is 1.97. The van der Waals surface area contributed by atoms with Gasteiger partial charge in [0, 0.05) is 6.54 Å². The lowest BCUT2D eigenvalue weighted by Gasteiger charge is -2.12. The third-order valence-electron chi connectivity index (χ3n) is 2.01. The second-order valence-corrected chi connectivity index (χ2v) is 3.72. The summed E-state index contributed by atoms with van der Waals surface area (Å²) in [5.41, 5.74) is 2.28. The van der Waals surface area contributed by atoms with Crippen LogP contribution in [-0.2, 0) is 0 Å². The molecule has 1 aliphatic rings.